The fraction of sp³-hybridized carbons (Fsp3) is 0. The smallest absolute Gasteiger partial charge is 0.164 e. The Labute approximate surface area is 330 Å². The van der Waals surface area contributed by atoms with Crippen molar-refractivity contribution in [3.63, 3.8) is 0 Å². The van der Waals surface area contributed by atoms with Gasteiger partial charge in [-0.15, -0.1) is 11.3 Å². The van der Waals surface area contributed by atoms with Gasteiger partial charge >= 0.3 is 0 Å². The number of aromatic nitrogens is 4. The normalized spacial score (nSPS) is 11.9. The maximum atomic E-state index is 6.69. The number of thiophene rings is 1. The van der Waals surface area contributed by atoms with Gasteiger partial charge in [-0.2, -0.15) is 0 Å². The molecular weight excluding hydrogens is 717 g/mol. The highest BCUT2D eigenvalue weighted by molar-refractivity contribution is 7.26. The summed E-state index contributed by atoms with van der Waals surface area (Å²) in [5.74, 6) is 1.95. The summed E-state index contributed by atoms with van der Waals surface area (Å²) in [6, 6.07) is 63.6. The van der Waals surface area contributed by atoms with E-state index in [0.29, 0.717) is 17.5 Å². The Kier molecular flexibility index (Phi) is 7.03. The summed E-state index contributed by atoms with van der Waals surface area (Å²) in [7, 11) is 0. The predicted molar refractivity (Wildman–Crippen MR) is 236 cm³/mol. The first kappa shape index (κ1) is 31.9. The summed E-state index contributed by atoms with van der Waals surface area (Å²) in [4.78, 5) is 15.1. The number of furan rings is 1. The van der Waals surface area contributed by atoms with Crippen LogP contribution in [0.4, 0.5) is 0 Å². The first-order chi connectivity index (χ1) is 28.3. The van der Waals surface area contributed by atoms with Crippen molar-refractivity contribution >= 4 is 75.3 Å². The average Bonchev–Trinajstić information content (AvgIpc) is 3.96. The highest BCUT2D eigenvalue weighted by Gasteiger charge is 2.21. The van der Waals surface area contributed by atoms with Gasteiger partial charge in [0.2, 0.25) is 0 Å². The van der Waals surface area contributed by atoms with Gasteiger partial charge in [0, 0.05) is 53.0 Å². The van der Waals surface area contributed by atoms with Crippen molar-refractivity contribution in [2.45, 2.75) is 0 Å². The Morgan fingerprint density at radius 3 is 1.72 bits per heavy atom. The summed E-state index contributed by atoms with van der Waals surface area (Å²) in [5.41, 5.74) is 10.4. The van der Waals surface area contributed by atoms with Crippen LogP contribution in [-0.2, 0) is 0 Å². The van der Waals surface area contributed by atoms with Gasteiger partial charge in [-0.1, -0.05) is 140 Å². The SMILES string of the molecule is c1ccc(-c2nc(-c3ccccc3)nc(-c3cccc4sc5c(-c6ccc7c(c6)oc6cccc(-n8c9ccccc9c9ccccc98)c67)cccc5c34)n2)cc1. The molecule has 0 atom stereocenters. The van der Waals surface area contributed by atoms with E-state index in [4.69, 9.17) is 19.4 Å². The highest BCUT2D eigenvalue weighted by atomic mass is 32.1. The molecule has 6 heteroatoms. The Morgan fingerprint density at radius 2 is 1.00 bits per heavy atom. The van der Waals surface area contributed by atoms with Gasteiger partial charge in [0.05, 0.1) is 22.1 Å². The lowest BCUT2D eigenvalue weighted by Gasteiger charge is -2.10. The molecule has 4 heterocycles. The molecule has 12 aromatic rings. The van der Waals surface area contributed by atoms with Crippen molar-refractivity contribution in [2.24, 2.45) is 0 Å². The van der Waals surface area contributed by atoms with Gasteiger partial charge in [0.15, 0.2) is 17.5 Å². The molecule has 0 aliphatic carbocycles. The number of para-hydroxylation sites is 2. The third-order valence-electron chi connectivity index (χ3n) is 11.1. The highest BCUT2D eigenvalue weighted by Crippen LogP contribution is 2.45. The molecule has 0 aliphatic rings. The van der Waals surface area contributed by atoms with E-state index in [1.165, 1.54) is 36.6 Å². The predicted octanol–water partition coefficient (Wildman–Crippen LogP) is 13.9. The Balaban J connectivity index is 1.03. The molecule has 266 valence electrons. The summed E-state index contributed by atoms with van der Waals surface area (Å²) < 4.78 is 11.5. The lowest BCUT2D eigenvalue weighted by atomic mass is 9.99. The number of rotatable bonds is 5. The average molecular weight is 747 g/mol. The molecule has 0 saturated carbocycles. The van der Waals surface area contributed by atoms with E-state index in [2.05, 4.69) is 126 Å². The van der Waals surface area contributed by atoms with Crippen LogP contribution in [0.15, 0.2) is 186 Å². The minimum absolute atomic E-state index is 0.650. The van der Waals surface area contributed by atoms with E-state index in [-0.39, 0.29) is 0 Å². The lowest BCUT2D eigenvalue weighted by molar-refractivity contribution is 0.669. The van der Waals surface area contributed by atoms with Crippen molar-refractivity contribution < 1.29 is 4.42 Å². The zero-order chi connectivity index (χ0) is 37.5. The van der Waals surface area contributed by atoms with Crippen LogP contribution in [0, 0.1) is 0 Å². The maximum absolute atomic E-state index is 6.69. The lowest BCUT2D eigenvalue weighted by Crippen LogP contribution is -2.00. The standard InChI is InChI=1S/C51H30N4OS/c1-3-14-31(15-4-1)49-52-50(32-16-5-2-6-17-32)54-51(53-49)39-22-12-27-45-46(39)38-21-11-20-34(48(38)57-45)33-28-29-37-44(30-33)56-43-26-13-25-42(47(37)43)55-40-23-9-7-18-35(40)36-19-8-10-24-41(36)55/h1-30H. The Hall–Kier alpha value is -7.41. The number of fused-ring (bicyclic) bond motifs is 9. The molecule has 0 saturated heterocycles. The molecule has 0 amide bonds. The molecule has 0 radical (unpaired) electrons. The fourth-order valence-corrected chi connectivity index (χ4v) is 9.80. The third-order valence-corrected chi connectivity index (χ3v) is 12.3. The van der Waals surface area contributed by atoms with Crippen LogP contribution in [0.2, 0.25) is 0 Å². The Bertz CT molecular complexity index is 3420. The summed E-state index contributed by atoms with van der Waals surface area (Å²) in [5, 5.41) is 6.99. The Morgan fingerprint density at radius 1 is 0.404 bits per heavy atom. The van der Waals surface area contributed by atoms with Gasteiger partial charge in [0.25, 0.3) is 0 Å². The van der Waals surface area contributed by atoms with Gasteiger partial charge in [0.1, 0.15) is 11.2 Å². The largest absolute Gasteiger partial charge is 0.456 e. The van der Waals surface area contributed by atoms with Gasteiger partial charge in [-0.3, -0.25) is 0 Å². The second-order valence-electron chi connectivity index (χ2n) is 14.3. The van der Waals surface area contributed by atoms with E-state index >= 15 is 0 Å². The van der Waals surface area contributed by atoms with E-state index < -0.39 is 0 Å². The van der Waals surface area contributed by atoms with Crippen LogP contribution in [0.25, 0.3) is 115 Å². The minimum Gasteiger partial charge on any atom is -0.456 e. The first-order valence-electron chi connectivity index (χ1n) is 19.0. The molecule has 4 aromatic heterocycles. The maximum Gasteiger partial charge on any atom is 0.164 e. The van der Waals surface area contributed by atoms with Crippen LogP contribution in [0.1, 0.15) is 0 Å². The molecule has 12 rings (SSSR count). The summed E-state index contributed by atoms with van der Waals surface area (Å²) >= 11 is 1.80. The summed E-state index contributed by atoms with van der Waals surface area (Å²) in [6.45, 7) is 0. The molecule has 0 unspecified atom stereocenters. The van der Waals surface area contributed by atoms with Crippen molar-refractivity contribution in [1.82, 2.24) is 19.5 Å². The van der Waals surface area contributed by atoms with E-state index in [1.807, 2.05) is 60.7 Å². The van der Waals surface area contributed by atoms with E-state index in [1.54, 1.807) is 11.3 Å². The van der Waals surface area contributed by atoms with Gasteiger partial charge in [-0.25, -0.2) is 15.0 Å². The quantitative estimate of drug-likeness (QED) is 0.176. The zero-order valence-corrected chi connectivity index (χ0v) is 31.2. The van der Waals surface area contributed by atoms with Crippen molar-refractivity contribution in [2.75, 3.05) is 0 Å². The molecule has 8 aromatic carbocycles. The van der Waals surface area contributed by atoms with Crippen LogP contribution in [0.5, 0.6) is 0 Å². The summed E-state index contributed by atoms with van der Waals surface area (Å²) in [6.07, 6.45) is 0. The van der Waals surface area contributed by atoms with Gasteiger partial charge < -0.3 is 8.98 Å². The fourth-order valence-electron chi connectivity index (χ4n) is 8.53. The molecule has 0 N–H and O–H groups in total. The molecule has 5 nitrogen and oxygen atoms in total. The van der Waals surface area contributed by atoms with Crippen LogP contribution >= 0.6 is 11.3 Å². The van der Waals surface area contributed by atoms with Crippen molar-refractivity contribution in [3.8, 4) is 51.0 Å². The molecule has 57 heavy (non-hydrogen) atoms. The number of benzene rings is 8. The van der Waals surface area contributed by atoms with E-state index in [0.717, 1.165) is 60.8 Å². The number of hydrogen-bond donors (Lipinski definition) is 0. The second kappa shape index (κ2) is 12.6. The minimum atomic E-state index is 0.650. The van der Waals surface area contributed by atoms with Crippen molar-refractivity contribution in [1.29, 1.82) is 0 Å². The number of hydrogen-bond acceptors (Lipinski definition) is 5. The molecule has 0 fully saturated rings. The topological polar surface area (TPSA) is 56.7 Å². The van der Waals surface area contributed by atoms with Crippen LogP contribution in [-0.4, -0.2) is 19.5 Å². The van der Waals surface area contributed by atoms with Crippen LogP contribution in [0.3, 0.4) is 0 Å². The second-order valence-corrected chi connectivity index (χ2v) is 15.4. The molecule has 0 spiro atoms. The number of nitrogens with zero attached hydrogens (tertiary/aromatic N) is 4. The first-order valence-corrected chi connectivity index (χ1v) is 19.8. The van der Waals surface area contributed by atoms with E-state index in [9.17, 15) is 0 Å². The molecule has 0 aliphatic heterocycles. The molecule has 0 bridgehead atoms. The van der Waals surface area contributed by atoms with Gasteiger partial charge in [-0.05, 0) is 53.6 Å². The van der Waals surface area contributed by atoms with Crippen molar-refractivity contribution in [3.05, 3.63) is 182 Å². The molecular formula is C51H30N4OS. The zero-order valence-electron chi connectivity index (χ0n) is 30.4. The third kappa shape index (κ3) is 4.98. The monoisotopic (exact) mass is 746 g/mol. The van der Waals surface area contributed by atoms with Crippen LogP contribution < -0.4 is 0 Å².